The van der Waals surface area contributed by atoms with Crippen molar-refractivity contribution in [3.8, 4) is 11.5 Å². The van der Waals surface area contributed by atoms with Crippen LogP contribution < -0.4 is 24.8 Å². The van der Waals surface area contributed by atoms with E-state index in [1.807, 2.05) is 0 Å². The van der Waals surface area contributed by atoms with Crippen molar-refractivity contribution < 1.29 is 27.5 Å². The number of carbonyl (C=O) groups excluding carboxylic acids is 2. The molecule has 0 atom stereocenters. The van der Waals surface area contributed by atoms with Crippen LogP contribution in [0.1, 0.15) is 29.6 Å². The highest BCUT2D eigenvalue weighted by Crippen LogP contribution is 2.29. The fourth-order valence-corrected chi connectivity index (χ4v) is 3.87. The number of sulfonamides is 1. The minimum absolute atomic E-state index is 0.0000607. The molecule has 3 N–H and O–H groups in total. The van der Waals surface area contributed by atoms with Gasteiger partial charge in [0.05, 0.1) is 19.1 Å². The molecule has 0 aliphatic heterocycles. The van der Waals surface area contributed by atoms with Crippen LogP contribution in [-0.4, -0.2) is 47.0 Å². The molecule has 0 aromatic heterocycles. The van der Waals surface area contributed by atoms with Crippen molar-refractivity contribution in [2.24, 2.45) is 0 Å². The van der Waals surface area contributed by atoms with Crippen LogP contribution in [0.15, 0.2) is 47.4 Å². The fourth-order valence-electron chi connectivity index (χ4n) is 2.82. The third-order valence-corrected chi connectivity index (χ3v) is 6.09. The number of anilines is 1. The summed E-state index contributed by atoms with van der Waals surface area (Å²) in [5, 5.41) is 5.56. The molecule has 0 heterocycles. The van der Waals surface area contributed by atoms with E-state index in [0.717, 1.165) is 12.8 Å². The van der Waals surface area contributed by atoms with E-state index >= 15 is 0 Å². The molecular weight excluding hydrogens is 422 g/mol. The average Bonchev–Trinajstić information content (AvgIpc) is 3.57. The van der Waals surface area contributed by atoms with E-state index in [1.54, 1.807) is 24.3 Å². The standard InChI is InChI=1S/C21H25N3O6S/c1-29-18-9-8-17(13-19(18)30-2)31(27,28)22-11-10-20(25)23-16-5-3-4-14(12-16)21(26)24-15-6-7-15/h3-5,8-9,12-13,15,22H,6-7,10-11H2,1-2H3,(H,23,25)(H,24,26). The summed E-state index contributed by atoms with van der Waals surface area (Å²) in [6.07, 6.45) is 1.90. The van der Waals surface area contributed by atoms with E-state index in [1.165, 1.54) is 32.4 Å². The maximum Gasteiger partial charge on any atom is 0.251 e. The molecular formula is C21H25N3O6S. The Morgan fingerprint density at radius 2 is 1.77 bits per heavy atom. The lowest BCUT2D eigenvalue weighted by atomic mass is 10.2. The Balaban J connectivity index is 1.53. The number of hydrogen-bond donors (Lipinski definition) is 3. The maximum atomic E-state index is 12.5. The summed E-state index contributed by atoms with van der Waals surface area (Å²) in [6.45, 7) is -0.0929. The highest BCUT2D eigenvalue weighted by molar-refractivity contribution is 7.89. The number of carbonyl (C=O) groups is 2. The van der Waals surface area contributed by atoms with E-state index in [2.05, 4.69) is 15.4 Å². The van der Waals surface area contributed by atoms with Gasteiger partial charge in [-0.05, 0) is 43.2 Å². The summed E-state index contributed by atoms with van der Waals surface area (Å²) in [6, 6.07) is 11.1. The minimum atomic E-state index is -3.83. The highest BCUT2D eigenvalue weighted by Gasteiger charge is 2.24. The maximum absolute atomic E-state index is 12.5. The van der Waals surface area contributed by atoms with Gasteiger partial charge in [-0.15, -0.1) is 0 Å². The Morgan fingerprint density at radius 1 is 1.03 bits per heavy atom. The number of benzene rings is 2. The van der Waals surface area contributed by atoms with Gasteiger partial charge in [-0.2, -0.15) is 0 Å². The summed E-state index contributed by atoms with van der Waals surface area (Å²) in [5.74, 6) is 0.138. The summed E-state index contributed by atoms with van der Waals surface area (Å²) in [4.78, 5) is 24.3. The molecule has 1 aliphatic rings. The summed E-state index contributed by atoms with van der Waals surface area (Å²) in [5.41, 5.74) is 0.926. The van der Waals surface area contributed by atoms with Gasteiger partial charge in [0.2, 0.25) is 15.9 Å². The second-order valence-corrected chi connectivity index (χ2v) is 8.81. The van der Waals surface area contributed by atoms with Crippen LogP contribution in [0.2, 0.25) is 0 Å². The molecule has 0 saturated heterocycles. The third-order valence-electron chi connectivity index (χ3n) is 4.63. The predicted molar refractivity (Wildman–Crippen MR) is 115 cm³/mol. The first-order valence-corrected chi connectivity index (χ1v) is 11.2. The molecule has 9 nitrogen and oxygen atoms in total. The van der Waals surface area contributed by atoms with Crippen molar-refractivity contribution in [3.63, 3.8) is 0 Å². The molecule has 2 aromatic carbocycles. The summed E-state index contributed by atoms with van der Waals surface area (Å²) in [7, 11) is -0.959. The minimum Gasteiger partial charge on any atom is -0.493 e. The molecule has 1 aliphatic carbocycles. The number of amides is 2. The predicted octanol–water partition coefficient (Wildman–Crippen LogP) is 1.90. The van der Waals surface area contributed by atoms with E-state index in [9.17, 15) is 18.0 Å². The highest BCUT2D eigenvalue weighted by atomic mass is 32.2. The molecule has 0 spiro atoms. The molecule has 3 rings (SSSR count). The molecule has 10 heteroatoms. The first-order valence-electron chi connectivity index (χ1n) is 9.75. The van der Waals surface area contributed by atoms with E-state index < -0.39 is 10.0 Å². The lowest BCUT2D eigenvalue weighted by Gasteiger charge is -2.11. The number of ether oxygens (including phenoxy) is 2. The Labute approximate surface area is 181 Å². The van der Waals surface area contributed by atoms with Crippen LogP contribution in [0.4, 0.5) is 5.69 Å². The molecule has 166 valence electrons. The van der Waals surface area contributed by atoms with Crippen LogP contribution in [0.5, 0.6) is 11.5 Å². The second-order valence-electron chi connectivity index (χ2n) is 7.04. The van der Waals surface area contributed by atoms with Gasteiger partial charge in [0.1, 0.15) is 0 Å². The fraction of sp³-hybridized carbons (Fsp3) is 0.333. The number of hydrogen-bond acceptors (Lipinski definition) is 6. The van der Waals surface area contributed by atoms with Gasteiger partial charge in [-0.1, -0.05) is 6.07 Å². The van der Waals surface area contributed by atoms with Gasteiger partial charge in [0.25, 0.3) is 5.91 Å². The summed E-state index contributed by atoms with van der Waals surface area (Å²) < 4.78 is 37.5. The quantitative estimate of drug-likeness (QED) is 0.511. The van der Waals surface area contributed by atoms with Crippen LogP contribution in [0.3, 0.4) is 0 Å². The van der Waals surface area contributed by atoms with E-state index in [-0.39, 0.29) is 41.5 Å². The van der Waals surface area contributed by atoms with Crippen molar-refractivity contribution >= 4 is 27.5 Å². The van der Waals surface area contributed by atoms with Crippen molar-refractivity contribution in [2.75, 3.05) is 26.1 Å². The number of nitrogens with one attached hydrogen (secondary N) is 3. The Hall–Kier alpha value is -3.11. The lowest BCUT2D eigenvalue weighted by Crippen LogP contribution is -2.28. The van der Waals surface area contributed by atoms with Crippen LogP contribution in [-0.2, 0) is 14.8 Å². The van der Waals surface area contributed by atoms with Gasteiger partial charge < -0.3 is 20.1 Å². The SMILES string of the molecule is COc1ccc(S(=O)(=O)NCCC(=O)Nc2cccc(C(=O)NC3CC3)c2)cc1OC. The van der Waals surface area contributed by atoms with Crippen molar-refractivity contribution in [1.29, 1.82) is 0 Å². The largest absolute Gasteiger partial charge is 0.493 e. The monoisotopic (exact) mass is 447 g/mol. The van der Waals surface area contributed by atoms with E-state index in [0.29, 0.717) is 17.0 Å². The normalized spacial score (nSPS) is 13.4. The van der Waals surface area contributed by atoms with Gasteiger partial charge in [0, 0.05) is 36.3 Å². The van der Waals surface area contributed by atoms with Gasteiger partial charge in [-0.3, -0.25) is 9.59 Å². The number of methoxy groups -OCH3 is 2. The third kappa shape index (κ3) is 6.19. The van der Waals surface area contributed by atoms with Crippen molar-refractivity contribution in [3.05, 3.63) is 48.0 Å². The molecule has 1 fully saturated rings. The van der Waals surface area contributed by atoms with Gasteiger partial charge in [-0.25, -0.2) is 13.1 Å². The van der Waals surface area contributed by atoms with Crippen LogP contribution in [0.25, 0.3) is 0 Å². The lowest BCUT2D eigenvalue weighted by molar-refractivity contribution is -0.116. The van der Waals surface area contributed by atoms with Gasteiger partial charge >= 0.3 is 0 Å². The number of rotatable bonds is 10. The zero-order valence-electron chi connectivity index (χ0n) is 17.3. The average molecular weight is 448 g/mol. The Bertz CT molecular complexity index is 1070. The molecule has 2 aromatic rings. The Morgan fingerprint density at radius 3 is 2.45 bits per heavy atom. The first kappa shape index (κ1) is 22.6. The zero-order chi connectivity index (χ0) is 22.4. The van der Waals surface area contributed by atoms with Crippen LogP contribution in [0, 0.1) is 0 Å². The zero-order valence-corrected chi connectivity index (χ0v) is 18.1. The van der Waals surface area contributed by atoms with Crippen molar-refractivity contribution in [1.82, 2.24) is 10.0 Å². The second kappa shape index (κ2) is 9.80. The summed E-state index contributed by atoms with van der Waals surface area (Å²) >= 11 is 0. The topological polar surface area (TPSA) is 123 Å². The Kier molecular flexibility index (Phi) is 7.13. The molecule has 0 unspecified atom stereocenters. The first-order chi connectivity index (χ1) is 14.8. The molecule has 2 amide bonds. The molecule has 1 saturated carbocycles. The smallest absolute Gasteiger partial charge is 0.251 e. The van der Waals surface area contributed by atoms with Gasteiger partial charge in [0.15, 0.2) is 11.5 Å². The van der Waals surface area contributed by atoms with Crippen molar-refractivity contribution in [2.45, 2.75) is 30.2 Å². The van der Waals surface area contributed by atoms with E-state index in [4.69, 9.17) is 9.47 Å². The molecule has 0 bridgehead atoms. The van der Waals surface area contributed by atoms with Crippen LogP contribution >= 0.6 is 0 Å². The molecule has 31 heavy (non-hydrogen) atoms. The molecule has 0 radical (unpaired) electrons.